The number of nitrogens with zero attached hydrogens (tertiary/aromatic N) is 1. The van der Waals surface area contributed by atoms with Crippen molar-refractivity contribution in [1.82, 2.24) is 4.98 Å². The van der Waals surface area contributed by atoms with E-state index in [0.29, 0.717) is 0 Å². The van der Waals surface area contributed by atoms with Crippen LogP contribution in [0.3, 0.4) is 0 Å². The van der Waals surface area contributed by atoms with Gasteiger partial charge in [-0.2, -0.15) is 13.2 Å². The Hall–Kier alpha value is -2.00. The molecule has 10 heteroatoms. The largest absolute Gasteiger partial charge is 0.573 e. The Kier molecular flexibility index (Phi) is 3.40. The topological polar surface area (TPSA) is 59.4 Å². The van der Waals surface area contributed by atoms with Crippen LogP contribution >= 0.6 is 0 Å². The SMILES string of the molecule is O=Cc1c(C(F)(F)F)ncc(O)c1OC(F)(F)F. The third kappa shape index (κ3) is 3.02. The van der Waals surface area contributed by atoms with E-state index in [1.807, 2.05) is 0 Å². The van der Waals surface area contributed by atoms with Gasteiger partial charge >= 0.3 is 12.5 Å². The standard InChI is InChI=1S/C8H3F6NO3/c9-7(10,11)6-3(2-16)5(4(17)1-15-6)18-8(12,13)14/h1-2,17H. The highest BCUT2D eigenvalue weighted by Crippen LogP contribution is 2.39. The normalized spacial score (nSPS) is 12.3. The second-order valence-corrected chi connectivity index (χ2v) is 2.90. The first-order valence-corrected chi connectivity index (χ1v) is 4.06. The van der Waals surface area contributed by atoms with Gasteiger partial charge in [-0.25, -0.2) is 4.98 Å². The highest BCUT2D eigenvalue weighted by atomic mass is 19.4. The van der Waals surface area contributed by atoms with E-state index in [1.54, 1.807) is 0 Å². The third-order valence-electron chi connectivity index (χ3n) is 1.65. The summed E-state index contributed by atoms with van der Waals surface area (Å²) >= 11 is 0. The van der Waals surface area contributed by atoms with Crippen molar-refractivity contribution in [3.63, 3.8) is 0 Å². The number of alkyl halides is 6. The first-order valence-electron chi connectivity index (χ1n) is 4.06. The van der Waals surface area contributed by atoms with Crippen molar-refractivity contribution < 1.29 is 41.0 Å². The molecule has 0 saturated carbocycles. The zero-order valence-corrected chi connectivity index (χ0v) is 8.13. The van der Waals surface area contributed by atoms with E-state index < -0.39 is 41.6 Å². The van der Waals surface area contributed by atoms with Crippen molar-refractivity contribution in [3.05, 3.63) is 17.5 Å². The van der Waals surface area contributed by atoms with Crippen molar-refractivity contribution >= 4 is 6.29 Å². The van der Waals surface area contributed by atoms with Gasteiger partial charge < -0.3 is 9.84 Å². The van der Waals surface area contributed by atoms with Crippen LogP contribution in [0.1, 0.15) is 16.1 Å². The molecule has 18 heavy (non-hydrogen) atoms. The number of aldehydes is 1. The van der Waals surface area contributed by atoms with E-state index in [2.05, 4.69) is 9.72 Å². The highest BCUT2D eigenvalue weighted by Gasteiger charge is 2.40. The summed E-state index contributed by atoms with van der Waals surface area (Å²) in [6.45, 7) is 0. The Morgan fingerprint density at radius 3 is 2.17 bits per heavy atom. The van der Waals surface area contributed by atoms with Gasteiger partial charge in [0.15, 0.2) is 23.5 Å². The van der Waals surface area contributed by atoms with Crippen LogP contribution in [0.15, 0.2) is 6.20 Å². The summed E-state index contributed by atoms with van der Waals surface area (Å²) in [6.07, 6.45) is -10.9. The molecule has 0 fully saturated rings. The third-order valence-corrected chi connectivity index (χ3v) is 1.65. The van der Waals surface area contributed by atoms with E-state index in [9.17, 15) is 31.1 Å². The minimum absolute atomic E-state index is 0.108. The number of hydrogen-bond acceptors (Lipinski definition) is 4. The molecule has 1 heterocycles. The molecule has 0 aliphatic heterocycles. The Morgan fingerprint density at radius 2 is 1.78 bits per heavy atom. The molecule has 0 bridgehead atoms. The fraction of sp³-hybridized carbons (Fsp3) is 0.250. The lowest BCUT2D eigenvalue weighted by Gasteiger charge is -2.15. The van der Waals surface area contributed by atoms with Gasteiger partial charge in [-0.15, -0.1) is 13.2 Å². The number of hydrogen-bond donors (Lipinski definition) is 1. The summed E-state index contributed by atoms with van der Waals surface area (Å²) in [4.78, 5) is 13.1. The summed E-state index contributed by atoms with van der Waals surface area (Å²) in [5.74, 6) is -2.97. The van der Waals surface area contributed by atoms with Crippen LogP contribution in [-0.2, 0) is 6.18 Å². The second kappa shape index (κ2) is 4.35. The Bertz CT molecular complexity index is 467. The average molecular weight is 275 g/mol. The van der Waals surface area contributed by atoms with Gasteiger partial charge in [0.2, 0.25) is 0 Å². The van der Waals surface area contributed by atoms with Crippen molar-refractivity contribution in [2.24, 2.45) is 0 Å². The fourth-order valence-corrected chi connectivity index (χ4v) is 1.06. The van der Waals surface area contributed by atoms with Crippen molar-refractivity contribution in [1.29, 1.82) is 0 Å². The molecule has 0 aliphatic carbocycles. The predicted octanol–water partition coefficient (Wildman–Crippen LogP) is 2.52. The maximum atomic E-state index is 12.3. The molecule has 0 aromatic carbocycles. The predicted molar refractivity (Wildman–Crippen MR) is 43.0 cm³/mol. The Morgan fingerprint density at radius 1 is 1.22 bits per heavy atom. The zero-order chi connectivity index (χ0) is 14.1. The summed E-state index contributed by atoms with van der Waals surface area (Å²) < 4.78 is 75.9. The molecule has 1 aromatic rings. The first kappa shape index (κ1) is 14.1. The van der Waals surface area contributed by atoms with E-state index >= 15 is 0 Å². The highest BCUT2D eigenvalue weighted by molar-refractivity contribution is 5.82. The van der Waals surface area contributed by atoms with Gasteiger partial charge in [0.25, 0.3) is 0 Å². The molecular formula is C8H3F6NO3. The maximum absolute atomic E-state index is 12.3. The Balaban J connectivity index is 3.45. The minimum atomic E-state index is -5.36. The van der Waals surface area contributed by atoms with Gasteiger partial charge in [0, 0.05) is 0 Å². The smallest absolute Gasteiger partial charge is 0.503 e. The summed E-state index contributed by atoms with van der Waals surface area (Å²) in [5, 5.41) is 8.96. The molecule has 0 unspecified atom stereocenters. The molecule has 0 spiro atoms. The molecule has 4 nitrogen and oxygen atoms in total. The molecule has 0 aliphatic rings. The van der Waals surface area contributed by atoms with Crippen LogP contribution in [0.4, 0.5) is 26.3 Å². The number of aromatic hydroxyl groups is 1. The number of pyridine rings is 1. The lowest BCUT2D eigenvalue weighted by Crippen LogP contribution is -2.20. The lowest BCUT2D eigenvalue weighted by atomic mass is 10.1. The Labute approximate surface area is 94.8 Å². The fourth-order valence-electron chi connectivity index (χ4n) is 1.06. The minimum Gasteiger partial charge on any atom is -0.503 e. The van der Waals surface area contributed by atoms with Crippen LogP contribution < -0.4 is 4.74 Å². The van der Waals surface area contributed by atoms with Crippen molar-refractivity contribution in [3.8, 4) is 11.5 Å². The molecular weight excluding hydrogens is 272 g/mol. The van der Waals surface area contributed by atoms with Crippen LogP contribution in [0.2, 0.25) is 0 Å². The molecule has 1 rings (SSSR count). The van der Waals surface area contributed by atoms with Crippen molar-refractivity contribution in [2.75, 3.05) is 0 Å². The van der Waals surface area contributed by atoms with Gasteiger partial charge in [0.1, 0.15) is 0 Å². The molecule has 0 saturated heterocycles. The van der Waals surface area contributed by atoms with Crippen LogP contribution in [0.25, 0.3) is 0 Å². The van der Waals surface area contributed by atoms with E-state index in [-0.39, 0.29) is 6.20 Å². The molecule has 0 radical (unpaired) electrons. The number of halogens is 6. The van der Waals surface area contributed by atoms with Crippen LogP contribution in [0.5, 0.6) is 11.5 Å². The average Bonchev–Trinajstić information content (AvgIpc) is 2.17. The lowest BCUT2D eigenvalue weighted by molar-refractivity contribution is -0.275. The van der Waals surface area contributed by atoms with Gasteiger partial charge in [-0.05, 0) is 0 Å². The van der Waals surface area contributed by atoms with Crippen LogP contribution in [0, 0.1) is 0 Å². The second-order valence-electron chi connectivity index (χ2n) is 2.90. The number of ether oxygens (including phenoxy) is 1. The first-order chi connectivity index (χ1) is 8.06. The van der Waals surface area contributed by atoms with E-state index in [0.717, 1.165) is 0 Å². The van der Waals surface area contributed by atoms with Gasteiger partial charge in [0.05, 0.1) is 11.8 Å². The molecule has 1 N–H and O–H groups in total. The monoisotopic (exact) mass is 275 g/mol. The maximum Gasteiger partial charge on any atom is 0.573 e. The molecule has 0 atom stereocenters. The van der Waals surface area contributed by atoms with Gasteiger partial charge in [-0.1, -0.05) is 0 Å². The summed E-state index contributed by atoms with van der Waals surface area (Å²) in [7, 11) is 0. The van der Waals surface area contributed by atoms with E-state index in [1.165, 1.54) is 0 Å². The molecule has 0 amide bonds. The number of carbonyl (C=O) groups is 1. The summed E-state index contributed by atoms with van der Waals surface area (Å²) in [5.41, 5.74) is -3.41. The molecule has 1 aromatic heterocycles. The number of aromatic nitrogens is 1. The summed E-state index contributed by atoms with van der Waals surface area (Å²) in [6, 6.07) is 0. The quantitative estimate of drug-likeness (QED) is 0.665. The number of rotatable bonds is 2. The van der Waals surface area contributed by atoms with Gasteiger partial charge in [-0.3, -0.25) is 4.79 Å². The number of carbonyl (C=O) groups excluding carboxylic acids is 1. The van der Waals surface area contributed by atoms with Crippen LogP contribution in [-0.4, -0.2) is 22.7 Å². The van der Waals surface area contributed by atoms with Crippen molar-refractivity contribution in [2.45, 2.75) is 12.5 Å². The molecule has 100 valence electrons. The van der Waals surface area contributed by atoms with E-state index in [4.69, 9.17) is 5.11 Å². The zero-order valence-electron chi connectivity index (χ0n) is 8.13.